The summed E-state index contributed by atoms with van der Waals surface area (Å²) in [5.41, 5.74) is 4.67. The van der Waals surface area contributed by atoms with Gasteiger partial charge in [0.2, 0.25) is 0 Å². The third kappa shape index (κ3) is 3.53. The Morgan fingerprint density at radius 2 is 1.57 bits per heavy atom. The van der Waals surface area contributed by atoms with E-state index in [1.165, 1.54) is 22.5 Å². The van der Waals surface area contributed by atoms with Crippen molar-refractivity contribution in [2.24, 2.45) is 0 Å². The van der Waals surface area contributed by atoms with Crippen LogP contribution in [0.25, 0.3) is 0 Å². The molecule has 0 radical (unpaired) electrons. The van der Waals surface area contributed by atoms with Crippen LogP contribution in [0.5, 0.6) is 0 Å². The number of aliphatic carboxylic acids is 1. The summed E-state index contributed by atoms with van der Waals surface area (Å²) in [5.74, 6) is -0.683. The van der Waals surface area contributed by atoms with Crippen molar-refractivity contribution >= 4 is 17.3 Å². The van der Waals surface area contributed by atoms with Gasteiger partial charge in [0.15, 0.2) is 0 Å². The number of para-hydroxylation sites is 2. The van der Waals surface area contributed by atoms with Crippen molar-refractivity contribution in [2.45, 2.75) is 51.0 Å². The second-order valence-electron chi connectivity index (χ2n) is 8.29. The van der Waals surface area contributed by atoms with Crippen LogP contribution in [0, 0.1) is 0 Å². The van der Waals surface area contributed by atoms with Crippen molar-refractivity contribution in [3.63, 3.8) is 0 Å². The number of fused-ring (bicyclic) bond motifs is 2. The third-order valence-electron chi connectivity index (χ3n) is 6.54. The van der Waals surface area contributed by atoms with E-state index in [1.807, 2.05) is 6.92 Å². The lowest BCUT2D eigenvalue weighted by molar-refractivity contribution is -0.152. The van der Waals surface area contributed by atoms with Gasteiger partial charge in [0.25, 0.3) is 0 Å². The van der Waals surface area contributed by atoms with Crippen molar-refractivity contribution in [3.05, 3.63) is 59.7 Å². The van der Waals surface area contributed by atoms with Crippen molar-refractivity contribution in [1.82, 2.24) is 4.90 Å². The maximum absolute atomic E-state index is 11.9. The van der Waals surface area contributed by atoms with Crippen molar-refractivity contribution in [1.29, 1.82) is 0 Å². The summed E-state index contributed by atoms with van der Waals surface area (Å²) in [5, 5.41) is 9.76. The lowest BCUT2D eigenvalue weighted by Crippen LogP contribution is -2.55. The molecule has 0 saturated carbocycles. The van der Waals surface area contributed by atoms with E-state index >= 15 is 0 Å². The fourth-order valence-electron chi connectivity index (χ4n) is 4.81. The molecule has 1 N–H and O–H groups in total. The molecule has 4 rings (SSSR count). The largest absolute Gasteiger partial charge is 0.480 e. The Balaban J connectivity index is 1.54. The van der Waals surface area contributed by atoms with Gasteiger partial charge in [0.1, 0.15) is 5.54 Å². The average molecular weight is 379 g/mol. The molecule has 0 amide bonds. The van der Waals surface area contributed by atoms with Gasteiger partial charge >= 0.3 is 5.97 Å². The molecule has 28 heavy (non-hydrogen) atoms. The number of benzene rings is 2. The van der Waals surface area contributed by atoms with Crippen LogP contribution < -0.4 is 4.90 Å². The normalized spacial score (nSPS) is 22.2. The second-order valence-corrected chi connectivity index (χ2v) is 8.29. The van der Waals surface area contributed by atoms with Gasteiger partial charge < -0.3 is 10.0 Å². The fourth-order valence-corrected chi connectivity index (χ4v) is 4.81. The summed E-state index contributed by atoms with van der Waals surface area (Å²) in [6.45, 7) is 4.50. The van der Waals surface area contributed by atoms with E-state index in [-0.39, 0.29) is 0 Å². The predicted octanol–water partition coefficient (Wildman–Crippen LogP) is 4.64. The van der Waals surface area contributed by atoms with Crippen LogP contribution in [0.15, 0.2) is 48.5 Å². The number of carbonyl (C=O) groups is 1. The van der Waals surface area contributed by atoms with E-state index in [9.17, 15) is 9.90 Å². The maximum atomic E-state index is 11.9. The smallest absolute Gasteiger partial charge is 0.323 e. The minimum atomic E-state index is -0.715. The van der Waals surface area contributed by atoms with Gasteiger partial charge in [-0.1, -0.05) is 36.4 Å². The van der Waals surface area contributed by atoms with Crippen LogP contribution in [0.2, 0.25) is 0 Å². The van der Waals surface area contributed by atoms with Gasteiger partial charge in [-0.15, -0.1) is 0 Å². The van der Waals surface area contributed by atoms with Crippen LogP contribution in [0.1, 0.15) is 43.7 Å². The van der Waals surface area contributed by atoms with Gasteiger partial charge in [-0.3, -0.25) is 9.69 Å². The van der Waals surface area contributed by atoms with Gasteiger partial charge in [0.05, 0.1) is 0 Å². The zero-order chi connectivity index (χ0) is 19.6. The molecule has 2 aliphatic heterocycles. The highest BCUT2D eigenvalue weighted by Gasteiger charge is 2.40. The molecule has 4 heteroatoms. The molecule has 1 saturated heterocycles. The summed E-state index contributed by atoms with van der Waals surface area (Å²) in [7, 11) is 0. The van der Waals surface area contributed by atoms with Crippen LogP contribution in [-0.4, -0.2) is 41.1 Å². The molecule has 2 aromatic carbocycles. The predicted molar refractivity (Wildman–Crippen MR) is 113 cm³/mol. The van der Waals surface area contributed by atoms with E-state index in [4.69, 9.17) is 0 Å². The first-order valence-electron chi connectivity index (χ1n) is 10.5. The van der Waals surface area contributed by atoms with E-state index in [2.05, 4.69) is 58.3 Å². The number of rotatable bonds is 5. The Bertz CT molecular complexity index is 803. The van der Waals surface area contributed by atoms with Crippen molar-refractivity contribution in [2.75, 3.05) is 24.5 Å². The molecule has 2 aliphatic rings. The molecular weight excluding hydrogens is 348 g/mol. The molecule has 1 unspecified atom stereocenters. The number of nitrogens with zero attached hydrogens (tertiary/aromatic N) is 2. The molecule has 4 nitrogen and oxygen atoms in total. The summed E-state index contributed by atoms with van der Waals surface area (Å²) < 4.78 is 0. The van der Waals surface area contributed by atoms with E-state index < -0.39 is 11.5 Å². The SMILES string of the molecule is CC1(C(=O)O)CCCCN1CCCN1c2ccccc2CCc2ccccc21. The van der Waals surface area contributed by atoms with Crippen LogP contribution >= 0.6 is 0 Å². The Hall–Kier alpha value is -2.33. The molecule has 1 fully saturated rings. The van der Waals surface area contributed by atoms with E-state index in [1.54, 1.807) is 0 Å². The lowest BCUT2D eigenvalue weighted by atomic mass is 9.88. The zero-order valence-corrected chi connectivity index (χ0v) is 16.7. The monoisotopic (exact) mass is 378 g/mol. The molecular formula is C24H30N2O2. The van der Waals surface area contributed by atoms with Crippen molar-refractivity contribution in [3.8, 4) is 0 Å². The third-order valence-corrected chi connectivity index (χ3v) is 6.54. The highest BCUT2D eigenvalue weighted by atomic mass is 16.4. The summed E-state index contributed by atoms with van der Waals surface area (Å²) in [6, 6.07) is 17.4. The molecule has 148 valence electrons. The second kappa shape index (κ2) is 7.96. The minimum absolute atomic E-state index is 0.683. The van der Waals surface area contributed by atoms with Gasteiger partial charge in [-0.05, 0) is 75.3 Å². The number of hydrogen-bond acceptors (Lipinski definition) is 3. The summed E-state index contributed by atoms with van der Waals surface area (Å²) >= 11 is 0. The van der Waals surface area contributed by atoms with Gasteiger partial charge in [-0.2, -0.15) is 0 Å². The highest BCUT2D eigenvalue weighted by Crippen LogP contribution is 2.36. The molecule has 1 atom stereocenters. The number of aryl methyl sites for hydroxylation is 2. The molecule has 0 spiro atoms. The van der Waals surface area contributed by atoms with Crippen molar-refractivity contribution < 1.29 is 9.90 Å². The fraction of sp³-hybridized carbons (Fsp3) is 0.458. The van der Waals surface area contributed by atoms with E-state index in [0.29, 0.717) is 0 Å². The molecule has 0 aromatic heterocycles. The number of piperidine rings is 1. The van der Waals surface area contributed by atoms with Gasteiger partial charge in [-0.25, -0.2) is 0 Å². The number of likely N-dealkylation sites (tertiary alicyclic amines) is 1. The van der Waals surface area contributed by atoms with Gasteiger partial charge in [0, 0.05) is 24.5 Å². The first kappa shape index (κ1) is 19.0. The zero-order valence-electron chi connectivity index (χ0n) is 16.7. The molecule has 0 aliphatic carbocycles. The Labute approximate surface area is 167 Å². The standard InChI is InChI=1S/C24H30N2O2/c1-24(23(27)28)15-6-7-16-25(24)17-8-18-26-21-11-4-2-9-19(21)13-14-20-10-3-5-12-22(20)26/h2-5,9-12H,6-8,13-18H2,1H3,(H,27,28). The van der Waals surface area contributed by atoms with E-state index in [0.717, 1.165) is 58.2 Å². The number of anilines is 2. The first-order valence-corrected chi connectivity index (χ1v) is 10.5. The Morgan fingerprint density at radius 1 is 0.964 bits per heavy atom. The van der Waals surface area contributed by atoms with Crippen LogP contribution in [0.3, 0.4) is 0 Å². The topological polar surface area (TPSA) is 43.8 Å². The average Bonchev–Trinajstić information content (AvgIpc) is 2.87. The first-order chi connectivity index (χ1) is 13.6. The quantitative estimate of drug-likeness (QED) is 0.823. The number of carboxylic acid groups (broad SMARTS) is 1. The highest BCUT2D eigenvalue weighted by molar-refractivity contribution is 5.78. The Morgan fingerprint density at radius 3 is 2.18 bits per heavy atom. The molecule has 2 heterocycles. The number of carboxylic acids is 1. The van der Waals surface area contributed by atoms with Crippen LogP contribution in [-0.2, 0) is 17.6 Å². The number of hydrogen-bond donors (Lipinski definition) is 1. The minimum Gasteiger partial charge on any atom is -0.480 e. The molecule has 2 aromatic rings. The Kier molecular flexibility index (Phi) is 5.40. The summed E-state index contributed by atoms with van der Waals surface area (Å²) in [6.07, 6.45) is 5.92. The van der Waals surface area contributed by atoms with Crippen LogP contribution in [0.4, 0.5) is 11.4 Å². The summed E-state index contributed by atoms with van der Waals surface area (Å²) in [4.78, 5) is 16.5. The molecule has 0 bridgehead atoms. The maximum Gasteiger partial charge on any atom is 0.323 e. The lowest BCUT2D eigenvalue weighted by Gasteiger charge is -2.42.